The third kappa shape index (κ3) is 5.32. The van der Waals surface area contributed by atoms with Crippen LogP contribution in [0.1, 0.15) is 12.1 Å². The Morgan fingerprint density at radius 3 is 2.90 bits per heavy atom. The van der Waals surface area contributed by atoms with Crippen molar-refractivity contribution in [2.75, 3.05) is 18.9 Å². The molecule has 2 aromatic rings. The van der Waals surface area contributed by atoms with Crippen LogP contribution < -0.4 is 5.32 Å². The number of aromatic nitrogens is 3. The van der Waals surface area contributed by atoms with Crippen LogP contribution in [-0.2, 0) is 13.1 Å². The smallest absolute Gasteiger partial charge is 0.0964 e. The van der Waals surface area contributed by atoms with E-state index in [0.29, 0.717) is 13.0 Å². The number of nitrogens with zero attached hydrogens (tertiary/aromatic N) is 3. The van der Waals surface area contributed by atoms with Gasteiger partial charge in [0.25, 0.3) is 0 Å². The van der Waals surface area contributed by atoms with Gasteiger partial charge in [-0.2, -0.15) is 0 Å². The molecule has 6 heteroatoms. The molecule has 0 spiro atoms. The third-order valence-electron chi connectivity index (χ3n) is 2.73. The second kappa shape index (κ2) is 8.73. The predicted molar refractivity (Wildman–Crippen MR) is 80.6 cm³/mol. The zero-order valence-corrected chi connectivity index (χ0v) is 12.2. The van der Waals surface area contributed by atoms with Crippen LogP contribution in [0.25, 0.3) is 0 Å². The van der Waals surface area contributed by atoms with Crippen molar-refractivity contribution in [3.8, 4) is 0 Å². The van der Waals surface area contributed by atoms with Crippen LogP contribution in [-0.4, -0.2) is 39.0 Å². The van der Waals surface area contributed by atoms with Crippen LogP contribution in [0.3, 0.4) is 0 Å². The Balaban J connectivity index is 1.60. The minimum atomic E-state index is 0.185. The minimum Gasteiger partial charge on any atom is -0.396 e. The summed E-state index contributed by atoms with van der Waals surface area (Å²) in [6.45, 7) is 2.56. The molecule has 1 aromatic heterocycles. The Morgan fingerprint density at radius 2 is 2.10 bits per heavy atom. The summed E-state index contributed by atoms with van der Waals surface area (Å²) < 4.78 is 1.77. The largest absolute Gasteiger partial charge is 0.396 e. The second-order valence-corrected chi connectivity index (χ2v) is 5.56. The van der Waals surface area contributed by atoms with Gasteiger partial charge >= 0.3 is 0 Å². The van der Waals surface area contributed by atoms with Gasteiger partial charge in [0.2, 0.25) is 0 Å². The monoisotopic (exact) mass is 292 g/mol. The molecule has 0 radical (unpaired) electrons. The van der Waals surface area contributed by atoms with Gasteiger partial charge in [0, 0.05) is 43.1 Å². The van der Waals surface area contributed by atoms with Crippen LogP contribution in [0.15, 0.2) is 41.4 Å². The molecular formula is C14H20N4OS. The summed E-state index contributed by atoms with van der Waals surface area (Å²) in [6.07, 6.45) is 2.64. The fraction of sp³-hybridized carbons (Fsp3) is 0.429. The van der Waals surface area contributed by atoms with Gasteiger partial charge in [0.15, 0.2) is 0 Å². The van der Waals surface area contributed by atoms with Gasteiger partial charge in [0.05, 0.1) is 5.69 Å². The first-order valence-electron chi connectivity index (χ1n) is 6.77. The van der Waals surface area contributed by atoms with E-state index < -0.39 is 0 Å². The zero-order chi connectivity index (χ0) is 14.0. The molecule has 0 fully saturated rings. The lowest BCUT2D eigenvalue weighted by molar-refractivity contribution is 0.276. The molecule has 0 aliphatic carbocycles. The van der Waals surface area contributed by atoms with Gasteiger partial charge in [-0.25, -0.2) is 0 Å². The van der Waals surface area contributed by atoms with E-state index in [1.165, 1.54) is 4.90 Å². The molecule has 0 atom stereocenters. The van der Waals surface area contributed by atoms with E-state index in [2.05, 4.69) is 39.9 Å². The summed E-state index contributed by atoms with van der Waals surface area (Å²) in [6, 6.07) is 10.4. The van der Waals surface area contributed by atoms with Crippen LogP contribution >= 0.6 is 11.8 Å². The van der Waals surface area contributed by atoms with Gasteiger partial charge < -0.3 is 10.4 Å². The van der Waals surface area contributed by atoms with Gasteiger partial charge in [-0.3, -0.25) is 4.68 Å². The van der Waals surface area contributed by atoms with Crippen molar-refractivity contribution in [1.29, 1.82) is 0 Å². The van der Waals surface area contributed by atoms with Crippen molar-refractivity contribution >= 4 is 11.8 Å². The highest BCUT2D eigenvalue weighted by Crippen LogP contribution is 2.15. The Kier molecular flexibility index (Phi) is 6.56. The quantitative estimate of drug-likeness (QED) is 0.542. The van der Waals surface area contributed by atoms with Crippen LogP contribution in [0.5, 0.6) is 0 Å². The van der Waals surface area contributed by atoms with Crippen molar-refractivity contribution < 1.29 is 5.11 Å². The number of hydrogen-bond acceptors (Lipinski definition) is 5. The van der Waals surface area contributed by atoms with Crippen LogP contribution in [0.2, 0.25) is 0 Å². The molecule has 5 nitrogen and oxygen atoms in total. The predicted octanol–water partition coefficient (Wildman–Crippen LogP) is 1.54. The summed E-state index contributed by atoms with van der Waals surface area (Å²) in [4.78, 5) is 1.30. The number of aliphatic hydroxyl groups excluding tert-OH is 1. The van der Waals surface area contributed by atoms with Crippen molar-refractivity contribution in [2.24, 2.45) is 0 Å². The zero-order valence-electron chi connectivity index (χ0n) is 11.4. The van der Waals surface area contributed by atoms with Crippen LogP contribution in [0.4, 0.5) is 0 Å². The highest BCUT2D eigenvalue weighted by atomic mass is 32.2. The number of thioether (sulfide) groups is 1. The fourth-order valence-corrected chi connectivity index (χ4v) is 2.57. The van der Waals surface area contributed by atoms with Gasteiger partial charge in [-0.15, -0.1) is 16.9 Å². The van der Waals surface area contributed by atoms with Gasteiger partial charge in [-0.1, -0.05) is 23.4 Å². The summed E-state index contributed by atoms with van der Waals surface area (Å²) in [5, 5.41) is 20.2. The van der Waals surface area contributed by atoms with E-state index in [4.69, 9.17) is 5.11 Å². The SMILES string of the molecule is OCCCn1cc(CNCCSc2ccccc2)nn1. The van der Waals surface area contributed by atoms with Gasteiger partial charge in [0.1, 0.15) is 0 Å². The highest BCUT2D eigenvalue weighted by Gasteiger charge is 2.00. The molecule has 0 bridgehead atoms. The number of hydrogen-bond donors (Lipinski definition) is 2. The molecule has 1 aromatic carbocycles. The maximum atomic E-state index is 8.75. The van der Waals surface area contributed by atoms with E-state index in [9.17, 15) is 0 Å². The Bertz CT molecular complexity index is 489. The van der Waals surface area contributed by atoms with Crippen molar-refractivity contribution in [1.82, 2.24) is 20.3 Å². The number of aliphatic hydroxyl groups is 1. The Labute approximate surface area is 123 Å². The van der Waals surface area contributed by atoms with Crippen molar-refractivity contribution in [3.05, 3.63) is 42.2 Å². The second-order valence-electron chi connectivity index (χ2n) is 4.39. The lowest BCUT2D eigenvalue weighted by Gasteiger charge is -2.02. The number of rotatable bonds is 9. The third-order valence-corrected chi connectivity index (χ3v) is 3.74. The van der Waals surface area contributed by atoms with Crippen molar-refractivity contribution in [2.45, 2.75) is 24.4 Å². The molecule has 2 rings (SSSR count). The number of benzene rings is 1. The molecule has 0 aliphatic rings. The minimum absolute atomic E-state index is 0.185. The Morgan fingerprint density at radius 1 is 1.25 bits per heavy atom. The summed E-state index contributed by atoms with van der Waals surface area (Å²) in [5.41, 5.74) is 0.938. The topological polar surface area (TPSA) is 63.0 Å². The molecule has 1 heterocycles. The molecule has 0 amide bonds. The summed E-state index contributed by atoms with van der Waals surface area (Å²) >= 11 is 1.84. The van der Waals surface area contributed by atoms with E-state index in [1.54, 1.807) is 4.68 Å². The van der Waals surface area contributed by atoms with Crippen molar-refractivity contribution in [3.63, 3.8) is 0 Å². The van der Waals surface area contributed by atoms with E-state index in [1.807, 2.05) is 24.0 Å². The molecule has 0 saturated heterocycles. The molecule has 0 aliphatic heterocycles. The number of nitrogens with one attached hydrogen (secondary N) is 1. The highest BCUT2D eigenvalue weighted by molar-refractivity contribution is 7.99. The molecule has 20 heavy (non-hydrogen) atoms. The first-order valence-corrected chi connectivity index (χ1v) is 7.75. The lowest BCUT2D eigenvalue weighted by Crippen LogP contribution is -2.16. The average molecular weight is 292 g/mol. The fourth-order valence-electron chi connectivity index (χ4n) is 1.74. The molecule has 0 unspecified atom stereocenters. The van der Waals surface area contributed by atoms with E-state index in [0.717, 1.165) is 24.5 Å². The first-order chi connectivity index (χ1) is 9.88. The van der Waals surface area contributed by atoms with Crippen LogP contribution in [0, 0.1) is 0 Å². The standard InChI is InChI=1S/C14H20N4OS/c19-9-4-8-18-12-13(16-17-18)11-15-7-10-20-14-5-2-1-3-6-14/h1-3,5-6,12,15,19H,4,7-11H2. The lowest BCUT2D eigenvalue weighted by atomic mass is 10.4. The normalized spacial score (nSPS) is 10.8. The first kappa shape index (κ1) is 15.0. The summed E-state index contributed by atoms with van der Waals surface area (Å²) in [5.74, 6) is 1.03. The molecular weight excluding hydrogens is 272 g/mol. The summed E-state index contributed by atoms with van der Waals surface area (Å²) in [7, 11) is 0. The van der Waals surface area contributed by atoms with E-state index in [-0.39, 0.29) is 6.61 Å². The van der Waals surface area contributed by atoms with Gasteiger partial charge in [-0.05, 0) is 18.6 Å². The molecule has 108 valence electrons. The average Bonchev–Trinajstić information content (AvgIpc) is 2.94. The maximum absolute atomic E-state index is 8.75. The molecule has 0 saturated carbocycles. The molecule has 2 N–H and O–H groups in total. The Hall–Kier alpha value is -1.37. The maximum Gasteiger partial charge on any atom is 0.0964 e. The number of aryl methyl sites for hydroxylation is 1. The van der Waals surface area contributed by atoms with E-state index >= 15 is 0 Å².